The number of oxime groups is 1. The van der Waals surface area contributed by atoms with E-state index in [0.29, 0.717) is 11.3 Å². The van der Waals surface area contributed by atoms with Crippen LogP contribution in [0.4, 0.5) is 0 Å². The predicted octanol–water partition coefficient (Wildman–Crippen LogP) is 1.17. The van der Waals surface area contributed by atoms with Gasteiger partial charge in [0.25, 0.3) is 5.91 Å². The zero-order chi connectivity index (χ0) is 15.1. The lowest BCUT2D eigenvalue weighted by molar-refractivity contribution is -0.123. The van der Waals surface area contributed by atoms with Gasteiger partial charge in [-0.05, 0) is 30.7 Å². The van der Waals surface area contributed by atoms with Gasteiger partial charge in [-0.15, -0.1) is 0 Å². The zero-order valence-corrected chi connectivity index (χ0v) is 12.4. The second-order valence-corrected chi connectivity index (χ2v) is 5.90. The van der Waals surface area contributed by atoms with E-state index in [9.17, 15) is 4.79 Å². The van der Waals surface area contributed by atoms with Crippen LogP contribution in [0.1, 0.15) is 18.4 Å². The molecule has 6 nitrogen and oxygen atoms in total. The van der Waals surface area contributed by atoms with Gasteiger partial charge in [0.1, 0.15) is 5.75 Å². The molecule has 0 saturated carbocycles. The fourth-order valence-electron chi connectivity index (χ4n) is 2.13. The fourth-order valence-corrected chi connectivity index (χ4v) is 3.20. The average Bonchev–Trinajstić information content (AvgIpc) is 2.53. The predicted molar refractivity (Wildman–Crippen MR) is 82.9 cm³/mol. The van der Waals surface area contributed by atoms with Crippen molar-refractivity contribution in [1.82, 2.24) is 5.32 Å². The number of amidine groups is 1. The lowest BCUT2D eigenvalue weighted by Gasteiger charge is -2.22. The lowest BCUT2D eigenvalue weighted by Crippen LogP contribution is -2.40. The number of hydrogen-bond donors (Lipinski definition) is 3. The van der Waals surface area contributed by atoms with Crippen molar-refractivity contribution in [2.45, 2.75) is 18.9 Å². The number of thioether (sulfide) groups is 1. The Balaban J connectivity index is 1.89. The molecular formula is C14H19N3O3S. The molecule has 1 unspecified atom stereocenters. The number of amides is 1. The average molecular weight is 309 g/mol. The van der Waals surface area contributed by atoms with Crippen molar-refractivity contribution in [3.8, 4) is 5.75 Å². The molecule has 1 aliphatic rings. The second kappa shape index (κ2) is 7.78. The summed E-state index contributed by atoms with van der Waals surface area (Å²) in [7, 11) is 0. The number of benzene rings is 1. The third-order valence-corrected chi connectivity index (χ3v) is 4.37. The molecule has 1 aromatic rings. The summed E-state index contributed by atoms with van der Waals surface area (Å²) in [6.07, 6.45) is 2.14. The molecule has 1 saturated heterocycles. The van der Waals surface area contributed by atoms with Gasteiger partial charge in [-0.2, -0.15) is 11.8 Å². The van der Waals surface area contributed by atoms with E-state index in [4.69, 9.17) is 15.7 Å². The van der Waals surface area contributed by atoms with Gasteiger partial charge < -0.3 is 21.0 Å². The van der Waals surface area contributed by atoms with Crippen LogP contribution in [-0.4, -0.2) is 41.1 Å². The van der Waals surface area contributed by atoms with Crippen molar-refractivity contribution < 1.29 is 14.7 Å². The van der Waals surface area contributed by atoms with Crippen molar-refractivity contribution in [3.63, 3.8) is 0 Å². The van der Waals surface area contributed by atoms with Gasteiger partial charge in [-0.3, -0.25) is 4.79 Å². The van der Waals surface area contributed by atoms with E-state index in [1.807, 2.05) is 11.8 Å². The number of nitrogens with zero attached hydrogens (tertiary/aromatic N) is 1. The van der Waals surface area contributed by atoms with E-state index in [1.54, 1.807) is 24.3 Å². The van der Waals surface area contributed by atoms with Crippen LogP contribution in [0, 0.1) is 0 Å². The highest BCUT2D eigenvalue weighted by molar-refractivity contribution is 7.99. The standard InChI is InChI=1S/C14H19N3O3S/c15-14(17-19)11-5-1-2-6-12(11)20-8-13(18)16-10-4-3-7-21-9-10/h1-2,5-6,10,19H,3-4,7-9H2,(H2,15,17)(H,16,18). The maximum absolute atomic E-state index is 11.9. The largest absolute Gasteiger partial charge is 0.483 e. The lowest BCUT2D eigenvalue weighted by atomic mass is 10.2. The van der Waals surface area contributed by atoms with Gasteiger partial charge in [0, 0.05) is 11.8 Å². The molecule has 1 atom stereocenters. The Morgan fingerprint density at radius 1 is 1.52 bits per heavy atom. The number of para-hydroxylation sites is 1. The van der Waals surface area contributed by atoms with E-state index in [1.165, 1.54) is 0 Å². The highest BCUT2D eigenvalue weighted by atomic mass is 32.2. The summed E-state index contributed by atoms with van der Waals surface area (Å²) in [6.45, 7) is -0.0864. The van der Waals surface area contributed by atoms with E-state index >= 15 is 0 Å². The topological polar surface area (TPSA) is 96.9 Å². The Morgan fingerprint density at radius 2 is 2.33 bits per heavy atom. The molecule has 4 N–H and O–H groups in total. The Kier molecular flexibility index (Phi) is 5.74. The summed E-state index contributed by atoms with van der Waals surface area (Å²) in [6, 6.07) is 7.08. The van der Waals surface area contributed by atoms with Crippen LogP contribution in [0.25, 0.3) is 0 Å². The molecular weight excluding hydrogens is 290 g/mol. The van der Waals surface area contributed by atoms with E-state index < -0.39 is 0 Å². The molecule has 0 aromatic heterocycles. The highest BCUT2D eigenvalue weighted by Gasteiger charge is 2.16. The number of nitrogens with two attached hydrogens (primary N) is 1. The van der Waals surface area contributed by atoms with Crippen LogP contribution in [0.2, 0.25) is 0 Å². The summed E-state index contributed by atoms with van der Waals surface area (Å²) in [5, 5.41) is 14.6. The molecule has 0 aliphatic carbocycles. The van der Waals surface area contributed by atoms with Crippen LogP contribution in [-0.2, 0) is 4.79 Å². The molecule has 1 fully saturated rings. The monoisotopic (exact) mass is 309 g/mol. The molecule has 2 rings (SSSR count). The molecule has 1 amide bonds. The quantitative estimate of drug-likeness (QED) is 0.328. The number of hydrogen-bond acceptors (Lipinski definition) is 5. The van der Waals surface area contributed by atoms with Gasteiger partial charge >= 0.3 is 0 Å². The molecule has 7 heteroatoms. The second-order valence-electron chi connectivity index (χ2n) is 4.75. The van der Waals surface area contributed by atoms with Gasteiger partial charge in [0.15, 0.2) is 12.4 Å². The Labute approximate surface area is 127 Å². The number of carbonyl (C=O) groups is 1. The number of carbonyl (C=O) groups excluding carboxylic acids is 1. The SMILES string of the molecule is N/C(=N/O)c1ccccc1OCC(=O)NC1CCCSC1. The Hall–Kier alpha value is -1.89. The van der Waals surface area contributed by atoms with Crippen LogP contribution in [0.3, 0.4) is 0 Å². The van der Waals surface area contributed by atoms with Crippen LogP contribution < -0.4 is 15.8 Å². The first kappa shape index (κ1) is 15.5. The van der Waals surface area contributed by atoms with Gasteiger partial charge in [-0.1, -0.05) is 17.3 Å². The van der Waals surface area contributed by atoms with Crippen molar-refractivity contribution >= 4 is 23.5 Å². The Morgan fingerprint density at radius 3 is 3.05 bits per heavy atom. The van der Waals surface area contributed by atoms with Crippen molar-refractivity contribution in [3.05, 3.63) is 29.8 Å². The minimum Gasteiger partial charge on any atom is -0.483 e. The van der Waals surface area contributed by atoms with E-state index in [-0.39, 0.29) is 24.4 Å². The first-order chi connectivity index (χ1) is 10.2. The van der Waals surface area contributed by atoms with Gasteiger partial charge in [0.2, 0.25) is 0 Å². The third-order valence-electron chi connectivity index (χ3n) is 3.15. The normalized spacial score (nSPS) is 19.0. The Bertz CT molecular complexity index is 516. The first-order valence-electron chi connectivity index (χ1n) is 6.77. The minimum atomic E-state index is -0.156. The van der Waals surface area contributed by atoms with E-state index in [2.05, 4.69) is 10.5 Å². The fraction of sp³-hybridized carbons (Fsp3) is 0.429. The van der Waals surface area contributed by atoms with E-state index in [0.717, 1.165) is 24.3 Å². The molecule has 0 bridgehead atoms. The number of ether oxygens (including phenoxy) is 1. The number of nitrogens with one attached hydrogen (secondary N) is 1. The smallest absolute Gasteiger partial charge is 0.258 e. The summed E-state index contributed by atoms with van der Waals surface area (Å²) < 4.78 is 5.47. The number of rotatable bonds is 5. The van der Waals surface area contributed by atoms with Gasteiger partial charge in [0.05, 0.1) is 5.56 Å². The first-order valence-corrected chi connectivity index (χ1v) is 7.93. The summed E-state index contributed by atoms with van der Waals surface area (Å²) in [4.78, 5) is 11.9. The van der Waals surface area contributed by atoms with Crippen LogP contribution >= 0.6 is 11.8 Å². The molecule has 1 aromatic carbocycles. The molecule has 1 aliphatic heterocycles. The minimum absolute atomic E-state index is 0.0466. The molecule has 21 heavy (non-hydrogen) atoms. The molecule has 0 spiro atoms. The third kappa shape index (κ3) is 4.56. The zero-order valence-electron chi connectivity index (χ0n) is 11.6. The van der Waals surface area contributed by atoms with Crippen LogP contribution in [0.5, 0.6) is 5.75 Å². The van der Waals surface area contributed by atoms with Crippen molar-refractivity contribution in [1.29, 1.82) is 0 Å². The summed E-state index contributed by atoms with van der Waals surface area (Å²) in [5.41, 5.74) is 6.03. The summed E-state index contributed by atoms with van der Waals surface area (Å²) >= 11 is 1.85. The van der Waals surface area contributed by atoms with Crippen LogP contribution in [0.15, 0.2) is 29.4 Å². The van der Waals surface area contributed by atoms with Crippen molar-refractivity contribution in [2.24, 2.45) is 10.9 Å². The van der Waals surface area contributed by atoms with Gasteiger partial charge in [-0.25, -0.2) is 0 Å². The summed E-state index contributed by atoms with van der Waals surface area (Å²) in [5.74, 6) is 2.33. The molecule has 1 heterocycles. The highest BCUT2D eigenvalue weighted by Crippen LogP contribution is 2.18. The van der Waals surface area contributed by atoms with Crippen molar-refractivity contribution in [2.75, 3.05) is 18.1 Å². The molecule has 114 valence electrons. The maximum Gasteiger partial charge on any atom is 0.258 e. The maximum atomic E-state index is 11.9. The molecule has 0 radical (unpaired) electrons.